The molecule has 0 spiro atoms. The maximum absolute atomic E-state index is 12.5. The van der Waals surface area contributed by atoms with E-state index in [0.29, 0.717) is 19.4 Å². The zero-order valence-electron chi connectivity index (χ0n) is 51.3. The number of carbonyl (C=O) groups is 2. The van der Waals surface area contributed by atoms with Crippen LogP contribution in [0.3, 0.4) is 0 Å². The molecule has 448 valence electrons. The van der Waals surface area contributed by atoms with Gasteiger partial charge in [0.2, 0.25) is 5.91 Å². The van der Waals surface area contributed by atoms with Crippen LogP contribution in [0.1, 0.15) is 373 Å². The molecule has 0 aliphatic heterocycles. The predicted molar refractivity (Wildman–Crippen MR) is 333 cm³/mol. The van der Waals surface area contributed by atoms with Crippen LogP contribution in [0.4, 0.5) is 0 Å². The van der Waals surface area contributed by atoms with E-state index < -0.39 is 12.1 Å². The second-order valence-corrected chi connectivity index (χ2v) is 23.5. The molecule has 0 aromatic carbocycles. The first-order valence-corrected chi connectivity index (χ1v) is 34.3. The van der Waals surface area contributed by atoms with Gasteiger partial charge in [-0.25, -0.2) is 0 Å². The van der Waals surface area contributed by atoms with Gasteiger partial charge in [-0.3, -0.25) is 9.59 Å². The molecule has 0 rings (SSSR count). The Hall–Kier alpha value is -1.92. The molecule has 0 saturated carbocycles. The van der Waals surface area contributed by atoms with Crippen molar-refractivity contribution in [2.75, 3.05) is 13.2 Å². The van der Waals surface area contributed by atoms with Crippen LogP contribution in [0.25, 0.3) is 0 Å². The maximum Gasteiger partial charge on any atom is 0.305 e. The Morgan fingerprint density at radius 3 is 0.934 bits per heavy atom. The van der Waals surface area contributed by atoms with Crippen LogP contribution in [0.5, 0.6) is 0 Å². The fourth-order valence-corrected chi connectivity index (χ4v) is 10.6. The van der Waals surface area contributed by atoms with Crippen molar-refractivity contribution in [3.8, 4) is 0 Å². The molecule has 2 atom stereocenters. The van der Waals surface area contributed by atoms with Crippen LogP contribution >= 0.6 is 0 Å². The summed E-state index contributed by atoms with van der Waals surface area (Å²) in [7, 11) is 0. The molecule has 0 radical (unpaired) electrons. The molecule has 0 aliphatic rings. The van der Waals surface area contributed by atoms with Crippen molar-refractivity contribution in [2.45, 2.75) is 386 Å². The van der Waals surface area contributed by atoms with E-state index in [2.05, 4.69) is 43.5 Å². The Labute approximate surface area is 474 Å². The number of aliphatic hydroxyl groups is 2. The third-order valence-electron chi connectivity index (χ3n) is 15.9. The van der Waals surface area contributed by atoms with E-state index in [1.165, 1.54) is 302 Å². The zero-order valence-corrected chi connectivity index (χ0v) is 51.3. The van der Waals surface area contributed by atoms with Crippen molar-refractivity contribution in [1.29, 1.82) is 0 Å². The van der Waals surface area contributed by atoms with Crippen LogP contribution in [-0.4, -0.2) is 47.4 Å². The number of hydrogen-bond donors (Lipinski definition) is 3. The summed E-state index contributed by atoms with van der Waals surface area (Å²) in [6.45, 7) is 4.92. The molecule has 1 amide bonds. The summed E-state index contributed by atoms with van der Waals surface area (Å²) < 4.78 is 5.49. The molecule has 0 aromatic rings. The Balaban J connectivity index is 3.40. The van der Waals surface area contributed by atoms with Crippen molar-refractivity contribution in [2.24, 2.45) is 0 Å². The minimum Gasteiger partial charge on any atom is -0.466 e. The first-order valence-electron chi connectivity index (χ1n) is 34.3. The molecule has 2 unspecified atom stereocenters. The lowest BCUT2D eigenvalue weighted by atomic mass is 10.0. The average Bonchev–Trinajstić information content (AvgIpc) is 3.42. The van der Waals surface area contributed by atoms with Gasteiger partial charge in [-0.2, -0.15) is 0 Å². The van der Waals surface area contributed by atoms with Gasteiger partial charge in [0, 0.05) is 12.8 Å². The molecule has 0 aliphatic carbocycles. The van der Waals surface area contributed by atoms with E-state index >= 15 is 0 Å². The molecule has 0 aromatic heterocycles. The fourth-order valence-electron chi connectivity index (χ4n) is 10.6. The van der Waals surface area contributed by atoms with Crippen LogP contribution in [-0.2, 0) is 14.3 Å². The zero-order chi connectivity index (χ0) is 55.0. The molecular weight excluding hydrogens is 935 g/mol. The quantitative estimate of drug-likeness (QED) is 0.0320. The Morgan fingerprint density at radius 2 is 0.618 bits per heavy atom. The highest BCUT2D eigenvalue weighted by Gasteiger charge is 2.18. The summed E-state index contributed by atoms with van der Waals surface area (Å²) in [5.74, 6) is -0.0591. The van der Waals surface area contributed by atoms with Gasteiger partial charge in [-0.05, 0) is 83.5 Å². The summed E-state index contributed by atoms with van der Waals surface area (Å²) in [4.78, 5) is 24.6. The molecule has 0 heterocycles. The van der Waals surface area contributed by atoms with Crippen LogP contribution in [0.2, 0.25) is 0 Å². The van der Waals surface area contributed by atoms with Crippen molar-refractivity contribution < 1.29 is 24.5 Å². The third kappa shape index (κ3) is 61.3. The first kappa shape index (κ1) is 74.1. The summed E-state index contributed by atoms with van der Waals surface area (Å²) in [6.07, 6.45) is 83.5. The molecule has 3 N–H and O–H groups in total. The van der Waals surface area contributed by atoms with E-state index in [9.17, 15) is 19.8 Å². The maximum atomic E-state index is 12.5. The highest BCUT2D eigenvalue weighted by molar-refractivity contribution is 5.76. The summed E-state index contributed by atoms with van der Waals surface area (Å²) in [5.41, 5.74) is 0. The SMILES string of the molecule is CCCCCCCCC/C=C\CCCCCCCC(=O)OCCCCCCCCCCCCCC/C=C\CCCCCCCCCCCCCC(=O)NC(CO)C(O)/C=C/CCCCCCCCCCCCCCCC. The normalized spacial score (nSPS) is 12.7. The smallest absolute Gasteiger partial charge is 0.305 e. The van der Waals surface area contributed by atoms with Gasteiger partial charge in [0.1, 0.15) is 0 Å². The Morgan fingerprint density at radius 1 is 0.355 bits per heavy atom. The van der Waals surface area contributed by atoms with E-state index in [1.807, 2.05) is 6.08 Å². The number of esters is 1. The van der Waals surface area contributed by atoms with Gasteiger partial charge < -0.3 is 20.3 Å². The number of nitrogens with one attached hydrogen (secondary N) is 1. The van der Waals surface area contributed by atoms with Gasteiger partial charge in [-0.1, -0.05) is 314 Å². The Kier molecular flexibility index (Phi) is 63.9. The second-order valence-electron chi connectivity index (χ2n) is 23.5. The van der Waals surface area contributed by atoms with Crippen molar-refractivity contribution in [3.63, 3.8) is 0 Å². The molecule has 76 heavy (non-hydrogen) atoms. The first-order chi connectivity index (χ1) is 37.5. The molecule has 0 bridgehead atoms. The van der Waals surface area contributed by atoms with E-state index in [4.69, 9.17) is 4.74 Å². The lowest BCUT2D eigenvalue weighted by Crippen LogP contribution is -2.45. The van der Waals surface area contributed by atoms with Gasteiger partial charge in [0.15, 0.2) is 0 Å². The summed E-state index contributed by atoms with van der Waals surface area (Å²) >= 11 is 0. The molecule has 0 saturated heterocycles. The monoisotopic (exact) mass is 1070 g/mol. The van der Waals surface area contributed by atoms with Crippen molar-refractivity contribution in [3.05, 3.63) is 36.5 Å². The van der Waals surface area contributed by atoms with E-state index in [-0.39, 0.29) is 18.5 Å². The molecular formula is C70H133NO5. The standard InChI is InChI=1S/C70H133NO5/c1-3-5-7-9-11-13-15-17-19-34-38-42-46-50-54-58-62-68(73)67(66-72)71-69(74)63-59-55-51-47-43-39-35-32-30-28-26-24-22-21-23-25-27-29-31-33-37-41-45-49-53-57-61-65-76-70(75)64-60-56-52-48-44-40-36-20-18-16-14-12-10-8-6-4-2/h20-22,36,58,62,67-68,72-73H,3-19,23-35,37-57,59-61,63-66H2,1-2H3,(H,71,74)/b22-21-,36-20-,62-58+. The van der Waals surface area contributed by atoms with E-state index in [0.717, 1.165) is 44.9 Å². The number of aliphatic hydroxyl groups excluding tert-OH is 2. The number of unbranched alkanes of at least 4 members (excludes halogenated alkanes) is 49. The number of hydrogen-bond acceptors (Lipinski definition) is 5. The largest absolute Gasteiger partial charge is 0.466 e. The van der Waals surface area contributed by atoms with Gasteiger partial charge in [0.25, 0.3) is 0 Å². The number of ether oxygens (including phenoxy) is 1. The number of carbonyl (C=O) groups excluding carboxylic acids is 2. The van der Waals surface area contributed by atoms with Crippen LogP contribution in [0.15, 0.2) is 36.5 Å². The minimum atomic E-state index is -0.845. The van der Waals surface area contributed by atoms with Crippen molar-refractivity contribution in [1.82, 2.24) is 5.32 Å². The predicted octanol–water partition coefficient (Wildman–Crippen LogP) is 21.9. The topological polar surface area (TPSA) is 95.9 Å². The van der Waals surface area contributed by atoms with Crippen molar-refractivity contribution >= 4 is 11.9 Å². The fraction of sp³-hybridized carbons (Fsp3) is 0.886. The van der Waals surface area contributed by atoms with Gasteiger partial charge >= 0.3 is 5.97 Å². The second kappa shape index (κ2) is 65.6. The number of allylic oxidation sites excluding steroid dienone is 5. The minimum absolute atomic E-state index is 0.00764. The average molecular weight is 1070 g/mol. The summed E-state index contributed by atoms with van der Waals surface area (Å²) in [5, 5.41) is 23.2. The number of amides is 1. The van der Waals surface area contributed by atoms with Crippen LogP contribution < -0.4 is 5.32 Å². The Bertz CT molecular complexity index is 1230. The molecule has 0 fully saturated rings. The molecule has 6 nitrogen and oxygen atoms in total. The van der Waals surface area contributed by atoms with Crippen LogP contribution in [0, 0.1) is 0 Å². The lowest BCUT2D eigenvalue weighted by Gasteiger charge is -2.20. The highest BCUT2D eigenvalue weighted by atomic mass is 16.5. The highest BCUT2D eigenvalue weighted by Crippen LogP contribution is 2.18. The summed E-state index contributed by atoms with van der Waals surface area (Å²) in [6, 6.07) is -0.629. The van der Waals surface area contributed by atoms with E-state index in [1.54, 1.807) is 6.08 Å². The lowest BCUT2D eigenvalue weighted by molar-refractivity contribution is -0.143. The number of rotatable bonds is 64. The van der Waals surface area contributed by atoms with Gasteiger partial charge in [0.05, 0.1) is 25.4 Å². The third-order valence-corrected chi connectivity index (χ3v) is 15.9. The van der Waals surface area contributed by atoms with Gasteiger partial charge in [-0.15, -0.1) is 0 Å². The molecule has 6 heteroatoms.